The Balaban J connectivity index is 1.99. The van der Waals surface area contributed by atoms with Crippen molar-refractivity contribution in [3.8, 4) is 0 Å². The van der Waals surface area contributed by atoms with E-state index < -0.39 is 29.5 Å². The van der Waals surface area contributed by atoms with E-state index in [4.69, 9.17) is 23.2 Å². The number of alkyl halides is 1. The van der Waals surface area contributed by atoms with E-state index in [1.54, 1.807) is 0 Å². The number of benzene rings is 1. The Morgan fingerprint density at radius 1 is 1.30 bits per heavy atom. The highest BCUT2D eigenvalue weighted by atomic mass is 35.5. The van der Waals surface area contributed by atoms with Crippen molar-refractivity contribution in [2.75, 3.05) is 0 Å². The van der Waals surface area contributed by atoms with E-state index in [1.807, 2.05) is 0 Å². The van der Waals surface area contributed by atoms with Crippen molar-refractivity contribution in [3.05, 3.63) is 63.6 Å². The largest absolute Gasteiger partial charge is 0.387 e. The average molecular weight is 415 g/mol. The zero-order valence-corrected chi connectivity index (χ0v) is 15.8. The summed E-state index contributed by atoms with van der Waals surface area (Å²) in [6.45, 7) is 0. The monoisotopic (exact) mass is 414 g/mol. The van der Waals surface area contributed by atoms with E-state index in [9.17, 15) is 18.7 Å². The number of pyridine rings is 1. The van der Waals surface area contributed by atoms with Crippen LogP contribution >= 0.6 is 23.2 Å². The lowest BCUT2D eigenvalue weighted by molar-refractivity contribution is -0.0445. The number of halogens is 4. The van der Waals surface area contributed by atoms with Crippen LogP contribution in [0, 0.1) is 5.82 Å². The molecule has 0 aliphatic heterocycles. The summed E-state index contributed by atoms with van der Waals surface area (Å²) in [5, 5.41) is 13.9. The van der Waals surface area contributed by atoms with E-state index >= 15 is 0 Å². The molecule has 1 unspecified atom stereocenters. The van der Waals surface area contributed by atoms with E-state index in [0.29, 0.717) is 0 Å². The zero-order valence-electron chi connectivity index (χ0n) is 14.3. The topological polar surface area (TPSA) is 62.2 Å². The fourth-order valence-electron chi connectivity index (χ4n) is 3.37. The first-order valence-electron chi connectivity index (χ1n) is 8.52. The van der Waals surface area contributed by atoms with Gasteiger partial charge in [-0.2, -0.15) is 0 Å². The second-order valence-electron chi connectivity index (χ2n) is 6.68. The van der Waals surface area contributed by atoms with Crippen LogP contribution in [0.4, 0.5) is 8.78 Å². The van der Waals surface area contributed by atoms with Crippen LogP contribution in [0.2, 0.25) is 10.0 Å². The number of nitrogens with zero attached hydrogens (tertiary/aromatic N) is 1. The van der Waals surface area contributed by atoms with E-state index in [1.165, 1.54) is 36.7 Å². The number of carbonyl (C=O) groups is 1. The number of aliphatic hydroxyl groups is 1. The molecule has 1 heterocycles. The van der Waals surface area contributed by atoms with E-state index in [-0.39, 0.29) is 46.9 Å². The molecule has 8 heteroatoms. The number of aromatic nitrogens is 1. The molecule has 1 amide bonds. The minimum absolute atomic E-state index is 0.104. The van der Waals surface area contributed by atoms with Crippen LogP contribution in [0.3, 0.4) is 0 Å². The molecule has 1 aromatic carbocycles. The quantitative estimate of drug-likeness (QED) is 0.765. The van der Waals surface area contributed by atoms with Gasteiger partial charge < -0.3 is 10.4 Å². The molecule has 2 aromatic rings. The molecule has 1 aliphatic carbocycles. The Kier molecular flexibility index (Phi) is 5.99. The van der Waals surface area contributed by atoms with Gasteiger partial charge in [-0.3, -0.25) is 9.78 Å². The smallest absolute Gasteiger partial charge is 0.254 e. The van der Waals surface area contributed by atoms with Gasteiger partial charge in [-0.15, -0.1) is 0 Å². The fraction of sp³-hybridized carbons (Fsp3) is 0.368. The van der Waals surface area contributed by atoms with Crippen LogP contribution in [0.15, 0.2) is 36.7 Å². The van der Waals surface area contributed by atoms with Gasteiger partial charge in [0, 0.05) is 12.4 Å². The molecule has 1 saturated carbocycles. The molecule has 1 aromatic heterocycles. The lowest BCUT2D eigenvalue weighted by atomic mass is 9.76. The minimum atomic E-state index is -1.47. The van der Waals surface area contributed by atoms with Crippen LogP contribution in [0.25, 0.3) is 0 Å². The number of rotatable bonds is 4. The average Bonchev–Trinajstić information content (AvgIpc) is 2.65. The molecule has 0 saturated heterocycles. The summed E-state index contributed by atoms with van der Waals surface area (Å²) < 4.78 is 27.6. The van der Waals surface area contributed by atoms with Crippen molar-refractivity contribution < 1.29 is 18.7 Å². The van der Waals surface area contributed by atoms with Crippen molar-refractivity contribution in [1.29, 1.82) is 0 Å². The summed E-state index contributed by atoms with van der Waals surface area (Å²) in [6.07, 6.45) is 2.21. The first-order valence-corrected chi connectivity index (χ1v) is 9.28. The number of amides is 1. The second-order valence-corrected chi connectivity index (χ2v) is 7.47. The van der Waals surface area contributed by atoms with E-state index in [2.05, 4.69) is 10.3 Å². The number of nitrogens with one attached hydrogen (secondary N) is 1. The molecule has 0 bridgehead atoms. The summed E-state index contributed by atoms with van der Waals surface area (Å²) >= 11 is 12.2. The summed E-state index contributed by atoms with van der Waals surface area (Å²) in [5.41, 5.74) is -1.13. The SMILES string of the molecule is O=C(NC(c1cccc(F)c1Cl)[C@]1(O)CC[C@H](F)CC1)c1cnccc1Cl. The second kappa shape index (κ2) is 8.09. The van der Waals surface area contributed by atoms with Gasteiger partial charge in [0.15, 0.2) is 0 Å². The molecule has 1 atom stereocenters. The lowest BCUT2D eigenvalue weighted by Gasteiger charge is -2.41. The van der Waals surface area contributed by atoms with Crippen molar-refractivity contribution in [1.82, 2.24) is 10.3 Å². The molecule has 144 valence electrons. The van der Waals surface area contributed by atoms with Crippen molar-refractivity contribution in [2.45, 2.75) is 43.5 Å². The molecule has 0 spiro atoms. The van der Waals surface area contributed by atoms with Gasteiger partial charge in [-0.25, -0.2) is 8.78 Å². The molecular weight excluding hydrogens is 397 g/mol. The maximum Gasteiger partial charge on any atom is 0.254 e. The predicted molar refractivity (Wildman–Crippen MR) is 99.2 cm³/mol. The summed E-state index contributed by atoms with van der Waals surface area (Å²) in [7, 11) is 0. The maximum absolute atomic E-state index is 14.0. The van der Waals surface area contributed by atoms with Gasteiger partial charge in [-0.05, 0) is 43.4 Å². The maximum atomic E-state index is 14.0. The van der Waals surface area contributed by atoms with Gasteiger partial charge in [0.05, 0.1) is 27.3 Å². The van der Waals surface area contributed by atoms with Gasteiger partial charge in [0.25, 0.3) is 5.91 Å². The Morgan fingerprint density at radius 2 is 2.00 bits per heavy atom. The van der Waals surface area contributed by atoms with Crippen LogP contribution in [-0.4, -0.2) is 27.8 Å². The molecule has 1 fully saturated rings. The van der Waals surface area contributed by atoms with E-state index in [0.717, 1.165) is 0 Å². The third kappa shape index (κ3) is 4.23. The molecular formula is C19H18Cl2F2N2O2. The first kappa shape index (κ1) is 20.0. The van der Waals surface area contributed by atoms with Crippen LogP contribution in [0.5, 0.6) is 0 Å². The van der Waals surface area contributed by atoms with Crippen molar-refractivity contribution in [3.63, 3.8) is 0 Å². The van der Waals surface area contributed by atoms with Crippen LogP contribution in [-0.2, 0) is 0 Å². The molecule has 3 rings (SSSR count). The molecule has 4 nitrogen and oxygen atoms in total. The Labute approximate surface area is 165 Å². The third-order valence-electron chi connectivity index (χ3n) is 4.90. The highest BCUT2D eigenvalue weighted by Crippen LogP contribution is 2.42. The highest BCUT2D eigenvalue weighted by Gasteiger charge is 2.43. The summed E-state index contributed by atoms with van der Waals surface area (Å²) in [4.78, 5) is 16.6. The van der Waals surface area contributed by atoms with Crippen molar-refractivity contribution in [2.24, 2.45) is 0 Å². The molecule has 1 aliphatic rings. The number of carbonyl (C=O) groups excluding carboxylic acids is 1. The number of hydrogen-bond donors (Lipinski definition) is 2. The van der Waals surface area contributed by atoms with Gasteiger partial charge in [0.1, 0.15) is 12.0 Å². The summed E-state index contributed by atoms with van der Waals surface area (Å²) in [5.74, 6) is -1.26. The van der Waals surface area contributed by atoms with Crippen LogP contribution in [0.1, 0.15) is 47.6 Å². The van der Waals surface area contributed by atoms with Gasteiger partial charge in [-0.1, -0.05) is 35.3 Å². The van der Waals surface area contributed by atoms with Gasteiger partial charge >= 0.3 is 0 Å². The Morgan fingerprint density at radius 3 is 2.67 bits per heavy atom. The fourth-order valence-corrected chi connectivity index (χ4v) is 3.80. The van der Waals surface area contributed by atoms with Crippen molar-refractivity contribution >= 4 is 29.1 Å². The molecule has 2 N–H and O–H groups in total. The number of hydrogen-bond acceptors (Lipinski definition) is 3. The Bertz CT molecular complexity index is 842. The normalized spacial score (nSPS) is 23.7. The third-order valence-corrected chi connectivity index (χ3v) is 5.63. The first-order chi connectivity index (χ1) is 12.8. The lowest BCUT2D eigenvalue weighted by Crippen LogP contribution is -2.48. The van der Waals surface area contributed by atoms with Gasteiger partial charge in [0.2, 0.25) is 0 Å². The summed E-state index contributed by atoms with van der Waals surface area (Å²) in [6, 6.07) is 4.59. The molecule has 0 radical (unpaired) electrons. The Hall–Kier alpha value is -1.76. The standard InChI is InChI=1S/C19H18Cl2F2N2O2/c20-14-6-9-24-10-13(14)18(26)25-17(12-2-1-3-15(23)16(12)21)19(27)7-4-11(22)5-8-19/h1-3,6,9-11,17,27H,4-5,7-8H2,(H,25,26)/t11-,17?,19-. The highest BCUT2D eigenvalue weighted by molar-refractivity contribution is 6.33. The molecule has 27 heavy (non-hydrogen) atoms. The minimum Gasteiger partial charge on any atom is -0.387 e. The predicted octanol–water partition coefficient (Wildman–Crippen LogP) is 4.64. The zero-order chi connectivity index (χ0) is 19.6. The van der Waals surface area contributed by atoms with Crippen LogP contribution < -0.4 is 5.32 Å².